The van der Waals surface area contributed by atoms with Gasteiger partial charge in [0, 0.05) is 39.0 Å². The Bertz CT molecular complexity index is 573. The predicted octanol–water partition coefficient (Wildman–Crippen LogP) is -0.172. The van der Waals surface area contributed by atoms with Crippen LogP contribution in [0.1, 0.15) is 38.5 Å². The molecule has 3 aliphatic heterocycles. The number of aliphatic carboxylic acids is 1. The van der Waals surface area contributed by atoms with Gasteiger partial charge in [-0.3, -0.25) is 19.2 Å². The molecule has 0 aromatic carbocycles. The van der Waals surface area contributed by atoms with Gasteiger partial charge in [0.15, 0.2) is 0 Å². The lowest BCUT2D eigenvalue weighted by atomic mass is 9.72. The number of hydrogen-bond acceptors (Lipinski definition) is 4. The Labute approximate surface area is 146 Å². The second-order valence-electron chi connectivity index (χ2n) is 7.51. The first-order chi connectivity index (χ1) is 11.9. The van der Waals surface area contributed by atoms with E-state index in [0.717, 1.165) is 19.3 Å². The van der Waals surface area contributed by atoms with Gasteiger partial charge in [-0.1, -0.05) is 0 Å². The maximum Gasteiger partial charge on any atom is 0.323 e. The molecular formula is C17H25N3O5. The first-order valence-corrected chi connectivity index (χ1v) is 8.94. The van der Waals surface area contributed by atoms with Crippen molar-refractivity contribution in [1.82, 2.24) is 15.1 Å². The van der Waals surface area contributed by atoms with E-state index in [1.54, 1.807) is 0 Å². The van der Waals surface area contributed by atoms with Gasteiger partial charge in [-0.25, -0.2) is 0 Å². The van der Waals surface area contributed by atoms with Crippen LogP contribution in [0.2, 0.25) is 0 Å². The molecule has 0 aromatic rings. The largest absolute Gasteiger partial charge is 0.480 e. The van der Waals surface area contributed by atoms with Crippen molar-refractivity contribution < 1.29 is 24.3 Å². The summed E-state index contributed by atoms with van der Waals surface area (Å²) >= 11 is 0. The fourth-order valence-electron chi connectivity index (χ4n) is 4.22. The summed E-state index contributed by atoms with van der Waals surface area (Å²) in [7, 11) is 0. The molecule has 8 nitrogen and oxygen atoms in total. The number of piperidine rings is 3. The zero-order valence-electron chi connectivity index (χ0n) is 14.3. The number of carboxylic acid groups (broad SMARTS) is 1. The third kappa shape index (κ3) is 3.93. The highest BCUT2D eigenvalue weighted by Gasteiger charge is 2.42. The van der Waals surface area contributed by atoms with Crippen LogP contribution in [0.4, 0.5) is 0 Å². The molecule has 25 heavy (non-hydrogen) atoms. The van der Waals surface area contributed by atoms with Gasteiger partial charge in [0.25, 0.3) is 0 Å². The number of carbonyl (C=O) groups excluding carboxylic acids is 3. The number of rotatable bonds is 3. The van der Waals surface area contributed by atoms with Crippen molar-refractivity contribution in [2.24, 2.45) is 11.3 Å². The standard InChI is InChI=1S/C17H25N3O5/c21-13-2-1-12(9-18-13)16(25)19-7-5-17(6-8-19)4-3-14(22)20(11-17)10-15(23)24/h12H,1-11H2,(H,18,21)(H,23,24). The molecule has 3 rings (SSSR count). The molecule has 0 bridgehead atoms. The van der Waals surface area contributed by atoms with Crippen LogP contribution in [-0.4, -0.2) is 71.3 Å². The fraction of sp³-hybridized carbons (Fsp3) is 0.765. The van der Waals surface area contributed by atoms with E-state index in [1.165, 1.54) is 4.90 Å². The van der Waals surface area contributed by atoms with Gasteiger partial charge in [-0.05, 0) is 31.1 Å². The summed E-state index contributed by atoms with van der Waals surface area (Å²) in [5.74, 6) is -1.11. The molecule has 8 heteroatoms. The molecule has 3 amide bonds. The van der Waals surface area contributed by atoms with E-state index in [0.29, 0.717) is 45.4 Å². The van der Waals surface area contributed by atoms with Crippen LogP contribution in [0, 0.1) is 11.3 Å². The maximum atomic E-state index is 12.6. The molecule has 0 aromatic heterocycles. The molecule has 0 aliphatic carbocycles. The Balaban J connectivity index is 1.55. The van der Waals surface area contributed by atoms with E-state index in [4.69, 9.17) is 5.11 Å². The minimum Gasteiger partial charge on any atom is -0.480 e. The zero-order chi connectivity index (χ0) is 18.0. The Hall–Kier alpha value is -2.12. The topological polar surface area (TPSA) is 107 Å². The van der Waals surface area contributed by atoms with E-state index >= 15 is 0 Å². The molecular weight excluding hydrogens is 326 g/mol. The molecule has 1 atom stereocenters. The molecule has 3 aliphatic rings. The third-order valence-electron chi connectivity index (χ3n) is 5.82. The van der Waals surface area contributed by atoms with E-state index in [9.17, 15) is 19.2 Å². The van der Waals surface area contributed by atoms with Crippen molar-refractivity contribution in [2.45, 2.75) is 38.5 Å². The third-order valence-corrected chi connectivity index (χ3v) is 5.82. The molecule has 138 valence electrons. The van der Waals surface area contributed by atoms with Gasteiger partial charge in [0.2, 0.25) is 17.7 Å². The molecule has 0 radical (unpaired) electrons. The predicted molar refractivity (Wildman–Crippen MR) is 87.4 cm³/mol. The molecule has 1 unspecified atom stereocenters. The minimum absolute atomic E-state index is 0.00652. The highest BCUT2D eigenvalue weighted by molar-refractivity contribution is 5.84. The number of hydrogen-bond donors (Lipinski definition) is 2. The Kier molecular flexibility index (Phi) is 4.96. The lowest BCUT2D eigenvalue weighted by Gasteiger charge is -2.47. The summed E-state index contributed by atoms with van der Waals surface area (Å²) in [5, 5.41) is 11.7. The summed E-state index contributed by atoms with van der Waals surface area (Å²) in [5.41, 5.74) is -0.0685. The van der Waals surface area contributed by atoms with Gasteiger partial charge < -0.3 is 20.2 Å². The summed E-state index contributed by atoms with van der Waals surface area (Å²) in [6.07, 6.45) is 3.75. The van der Waals surface area contributed by atoms with Gasteiger partial charge >= 0.3 is 5.97 Å². The quantitative estimate of drug-likeness (QED) is 0.734. The Morgan fingerprint density at radius 2 is 1.88 bits per heavy atom. The molecule has 0 saturated carbocycles. The number of nitrogens with zero attached hydrogens (tertiary/aromatic N) is 2. The van der Waals surface area contributed by atoms with Crippen molar-refractivity contribution in [1.29, 1.82) is 0 Å². The lowest BCUT2D eigenvalue weighted by Crippen LogP contribution is -2.54. The normalized spacial score (nSPS) is 26.5. The van der Waals surface area contributed by atoms with Gasteiger partial charge in [0.05, 0.1) is 5.92 Å². The van der Waals surface area contributed by atoms with Crippen molar-refractivity contribution in [3.63, 3.8) is 0 Å². The van der Waals surface area contributed by atoms with Crippen molar-refractivity contribution in [3.05, 3.63) is 0 Å². The highest BCUT2D eigenvalue weighted by Crippen LogP contribution is 2.40. The van der Waals surface area contributed by atoms with Crippen LogP contribution in [0.5, 0.6) is 0 Å². The smallest absolute Gasteiger partial charge is 0.323 e. The number of nitrogens with one attached hydrogen (secondary N) is 1. The number of likely N-dealkylation sites (tertiary alicyclic amines) is 2. The molecule has 2 N–H and O–H groups in total. The second-order valence-corrected chi connectivity index (χ2v) is 7.51. The van der Waals surface area contributed by atoms with Gasteiger partial charge in [0.1, 0.15) is 6.54 Å². The van der Waals surface area contributed by atoms with Crippen LogP contribution in [0.25, 0.3) is 0 Å². The van der Waals surface area contributed by atoms with Gasteiger partial charge in [-0.15, -0.1) is 0 Å². The molecule has 1 spiro atoms. The number of amides is 3. The lowest BCUT2D eigenvalue weighted by molar-refractivity contribution is -0.150. The van der Waals surface area contributed by atoms with Crippen molar-refractivity contribution >= 4 is 23.7 Å². The average molecular weight is 351 g/mol. The van der Waals surface area contributed by atoms with Crippen LogP contribution < -0.4 is 5.32 Å². The SMILES string of the molecule is O=C(O)CN1CC2(CCC1=O)CCN(C(=O)C1CCC(=O)NC1)CC2. The fourth-order valence-corrected chi connectivity index (χ4v) is 4.22. The van der Waals surface area contributed by atoms with Crippen LogP contribution in [0.3, 0.4) is 0 Å². The van der Waals surface area contributed by atoms with Gasteiger partial charge in [-0.2, -0.15) is 0 Å². The molecule has 3 fully saturated rings. The highest BCUT2D eigenvalue weighted by atomic mass is 16.4. The van der Waals surface area contributed by atoms with E-state index in [2.05, 4.69) is 5.32 Å². The Morgan fingerprint density at radius 3 is 2.48 bits per heavy atom. The van der Waals surface area contributed by atoms with Crippen molar-refractivity contribution in [3.8, 4) is 0 Å². The minimum atomic E-state index is -0.989. The van der Waals surface area contributed by atoms with Crippen LogP contribution >= 0.6 is 0 Å². The summed E-state index contributed by atoms with van der Waals surface area (Å²) in [6, 6.07) is 0. The van der Waals surface area contributed by atoms with E-state index in [-0.39, 0.29) is 35.6 Å². The second kappa shape index (κ2) is 7.01. The number of carboxylic acids is 1. The average Bonchev–Trinajstić information content (AvgIpc) is 2.59. The Morgan fingerprint density at radius 1 is 1.16 bits per heavy atom. The van der Waals surface area contributed by atoms with Crippen LogP contribution in [0.15, 0.2) is 0 Å². The monoisotopic (exact) mass is 351 g/mol. The summed E-state index contributed by atoms with van der Waals surface area (Å²) in [4.78, 5) is 50.0. The summed E-state index contributed by atoms with van der Waals surface area (Å²) < 4.78 is 0. The maximum absolute atomic E-state index is 12.6. The first kappa shape index (κ1) is 17.7. The first-order valence-electron chi connectivity index (χ1n) is 8.94. The summed E-state index contributed by atoms with van der Waals surface area (Å²) in [6.45, 7) is 1.92. The van der Waals surface area contributed by atoms with Crippen LogP contribution in [-0.2, 0) is 19.2 Å². The molecule has 3 saturated heterocycles. The van der Waals surface area contributed by atoms with E-state index < -0.39 is 5.97 Å². The van der Waals surface area contributed by atoms with Crippen molar-refractivity contribution in [2.75, 3.05) is 32.7 Å². The number of carbonyl (C=O) groups is 4. The zero-order valence-corrected chi connectivity index (χ0v) is 14.3. The van der Waals surface area contributed by atoms with E-state index in [1.807, 2.05) is 4.90 Å². The molecule has 3 heterocycles.